The highest BCUT2D eigenvalue weighted by molar-refractivity contribution is 5.73. The molecule has 0 radical (unpaired) electrons. The van der Waals surface area contributed by atoms with Gasteiger partial charge in [-0.15, -0.1) is 0 Å². The summed E-state index contributed by atoms with van der Waals surface area (Å²) in [7, 11) is 0. The van der Waals surface area contributed by atoms with Gasteiger partial charge in [-0.3, -0.25) is 4.79 Å². The van der Waals surface area contributed by atoms with Crippen LogP contribution in [-0.2, 0) is 9.53 Å². The smallest absolute Gasteiger partial charge is 0.315 e. The van der Waals surface area contributed by atoms with E-state index in [1.165, 1.54) is 0 Å². The molecule has 0 aromatic carbocycles. The van der Waals surface area contributed by atoms with E-state index < -0.39 is 24.4 Å². The van der Waals surface area contributed by atoms with E-state index in [0.717, 1.165) is 0 Å². The maximum atomic E-state index is 13.1. The van der Waals surface area contributed by atoms with Crippen LogP contribution in [0.2, 0.25) is 0 Å². The second-order valence-corrected chi connectivity index (χ2v) is 3.03. The average Bonchev–Trinajstić information content (AvgIpc) is 2.20. The van der Waals surface area contributed by atoms with Crippen LogP contribution in [0, 0.1) is 5.92 Å². The SMILES string of the molecule is CC.CCOC(=O)C1CCNCC1(F)F. The first-order valence-corrected chi connectivity index (χ1v) is 5.33. The Morgan fingerprint density at radius 2 is 2.13 bits per heavy atom. The number of carbonyl (C=O) groups excluding carboxylic acids is 1. The van der Waals surface area contributed by atoms with Crippen molar-refractivity contribution in [1.82, 2.24) is 5.32 Å². The molecule has 5 heteroatoms. The van der Waals surface area contributed by atoms with Crippen LogP contribution in [-0.4, -0.2) is 31.6 Å². The monoisotopic (exact) mass is 223 g/mol. The molecule has 1 atom stereocenters. The highest BCUT2D eigenvalue weighted by Gasteiger charge is 2.46. The van der Waals surface area contributed by atoms with E-state index in [1.54, 1.807) is 6.92 Å². The molecule has 1 saturated heterocycles. The zero-order valence-electron chi connectivity index (χ0n) is 9.48. The van der Waals surface area contributed by atoms with Crippen LogP contribution in [0.15, 0.2) is 0 Å². The molecule has 1 fully saturated rings. The predicted octanol–water partition coefficient (Wildman–Crippen LogP) is 1.82. The van der Waals surface area contributed by atoms with Crippen molar-refractivity contribution in [3.05, 3.63) is 0 Å². The van der Waals surface area contributed by atoms with Crippen LogP contribution in [0.1, 0.15) is 27.2 Å². The topological polar surface area (TPSA) is 38.3 Å². The summed E-state index contributed by atoms with van der Waals surface area (Å²) in [5.74, 6) is -5.02. The molecule has 90 valence electrons. The molecule has 15 heavy (non-hydrogen) atoms. The number of hydrogen-bond donors (Lipinski definition) is 1. The summed E-state index contributed by atoms with van der Waals surface area (Å²) in [6.07, 6.45) is 0.145. The highest BCUT2D eigenvalue weighted by Crippen LogP contribution is 2.30. The molecule has 3 nitrogen and oxygen atoms in total. The maximum absolute atomic E-state index is 13.1. The van der Waals surface area contributed by atoms with Crippen LogP contribution in [0.5, 0.6) is 0 Å². The molecule has 0 aromatic rings. The normalized spacial score (nSPS) is 23.7. The van der Waals surface area contributed by atoms with Crippen LogP contribution in [0.4, 0.5) is 8.78 Å². The summed E-state index contributed by atoms with van der Waals surface area (Å²) in [6.45, 7) is 5.77. The van der Waals surface area contributed by atoms with Crippen LogP contribution >= 0.6 is 0 Å². The maximum Gasteiger partial charge on any atom is 0.315 e. The molecule has 1 rings (SSSR count). The third-order valence-corrected chi connectivity index (χ3v) is 2.05. The Morgan fingerprint density at radius 3 is 2.60 bits per heavy atom. The Kier molecular flexibility index (Phi) is 6.40. The first kappa shape index (κ1) is 14.3. The molecule has 0 aromatic heterocycles. The fourth-order valence-electron chi connectivity index (χ4n) is 1.37. The first-order chi connectivity index (χ1) is 7.08. The van der Waals surface area contributed by atoms with Gasteiger partial charge in [0.1, 0.15) is 5.92 Å². The lowest BCUT2D eigenvalue weighted by atomic mass is 9.94. The van der Waals surface area contributed by atoms with E-state index >= 15 is 0 Å². The lowest BCUT2D eigenvalue weighted by molar-refractivity contribution is -0.165. The summed E-state index contributed by atoms with van der Waals surface area (Å²) in [5, 5.41) is 2.54. The molecule has 0 saturated carbocycles. The summed E-state index contributed by atoms with van der Waals surface area (Å²) >= 11 is 0. The Morgan fingerprint density at radius 1 is 1.53 bits per heavy atom. The van der Waals surface area contributed by atoms with Gasteiger partial charge in [0.2, 0.25) is 0 Å². The summed E-state index contributed by atoms with van der Waals surface area (Å²) in [5.41, 5.74) is 0. The average molecular weight is 223 g/mol. The lowest BCUT2D eigenvalue weighted by Crippen LogP contribution is -2.49. The minimum Gasteiger partial charge on any atom is -0.466 e. The summed E-state index contributed by atoms with van der Waals surface area (Å²) < 4.78 is 30.7. The zero-order chi connectivity index (χ0) is 11.9. The Labute approximate surface area is 89.2 Å². The molecule has 0 bridgehead atoms. The minimum absolute atomic E-state index is 0.145. The Balaban J connectivity index is 0.000000921. The fraction of sp³-hybridized carbons (Fsp3) is 0.900. The number of hydrogen-bond acceptors (Lipinski definition) is 3. The molecular weight excluding hydrogens is 204 g/mol. The van der Waals surface area contributed by atoms with Gasteiger partial charge in [-0.1, -0.05) is 13.8 Å². The molecule has 0 amide bonds. The van der Waals surface area contributed by atoms with Crippen molar-refractivity contribution in [1.29, 1.82) is 0 Å². The zero-order valence-corrected chi connectivity index (χ0v) is 9.48. The van der Waals surface area contributed by atoms with Crippen LogP contribution in [0.25, 0.3) is 0 Å². The standard InChI is InChI=1S/C8H13F2NO2.C2H6/c1-2-13-7(12)6-3-4-11-5-8(6,9)10;1-2/h6,11H,2-5H2,1H3;1-2H3. The summed E-state index contributed by atoms with van der Waals surface area (Å²) in [6, 6.07) is 0. The molecule has 1 aliphatic heterocycles. The number of alkyl halides is 2. The molecule has 1 N–H and O–H groups in total. The van der Waals surface area contributed by atoms with Gasteiger partial charge in [0.15, 0.2) is 0 Å². The fourth-order valence-corrected chi connectivity index (χ4v) is 1.37. The van der Waals surface area contributed by atoms with Gasteiger partial charge in [-0.2, -0.15) is 0 Å². The van der Waals surface area contributed by atoms with Crippen molar-refractivity contribution in [2.45, 2.75) is 33.1 Å². The van der Waals surface area contributed by atoms with E-state index in [1.807, 2.05) is 13.8 Å². The number of halogens is 2. The highest BCUT2D eigenvalue weighted by atomic mass is 19.3. The van der Waals surface area contributed by atoms with Gasteiger partial charge in [0.05, 0.1) is 13.2 Å². The quantitative estimate of drug-likeness (QED) is 0.726. The molecule has 1 aliphatic rings. The van der Waals surface area contributed by atoms with Crippen molar-refractivity contribution < 1.29 is 18.3 Å². The van der Waals surface area contributed by atoms with Crippen molar-refractivity contribution >= 4 is 5.97 Å². The molecule has 1 heterocycles. The van der Waals surface area contributed by atoms with Crippen molar-refractivity contribution in [3.8, 4) is 0 Å². The van der Waals surface area contributed by atoms with Gasteiger partial charge in [-0.05, 0) is 19.9 Å². The third kappa shape index (κ3) is 4.11. The van der Waals surface area contributed by atoms with Gasteiger partial charge in [0.25, 0.3) is 5.92 Å². The number of piperidine rings is 1. The number of rotatable bonds is 2. The van der Waals surface area contributed by atoms with Gasteiger partial charge < -0.3 is 10.1 Å². The van der Waals surface area contributed by atoms with Gasteiger partial charge in [-0.25, -0.2) is 8.78 Å². The van der Waals surface area contributed by atoms with Crippen LogP contribution in [0.3, 0.4) is 0 Å². The second-order valence-electron chi connectivity index (χ2n) is 3.03. The molecule has 1 unspecified atom stereocenters. The second kappa shape index (κ2) is 6.71. The van der Waals surface area contributed by atoms with E-state index in [2.05, 4.69) is 10.1 Å². The largest absolute Gasteiger partial charge is 0.466 e. The van der Waals surface area contributed by atoms with Crippen molar-refractivity contribution in [2.75, 3.05) is 19.7 Å². The van der Waals surface area contributed by atoms with E-state index in [-0.39, 0.29) is 13.0 Å². The van der Waals surface area contributed by atoms with E-state index in [0.29, 0.717) is 6.54 Å². The van der Waals surface area contributed by atoms with Gasteiger partial charge >= 0.3 is 5.97 Å². The lowest BCUT2D eigenvalue weighted by Gasteiger charge is -2.29. The molecule has 0 spiro atoms. The minimum atomic E-state index is -2.97. The summed E-state index contributed by atoms with van der Waals surface area (Å²) in [4.78, 5) is 11.1. The van der Waals surface area contributed by atoms with Crippen LogP contribution < -0.4 is 5.32 Å². The van der Waals surface area contributed by atoms with E-state index in [9.17, 15) is 13.6 Å². The van der Waals surface area contributed by atoms with Crippen molar-refractivity contribution in [2.24, 2.45) is 5.92 Å². The Hall–Kier alpha value is -0.710. The first-order valence-electron chi connectivity index (χ1n) is 5.33. The predicted molar refractivity (Wildman–Crippen MR) is 53.9 cm³/mol. The number of carbonyl (C=O) groups is 1. The van der Waals surface area contributed by atoms with E-state index in [4.69, 9.17) is 0 Å². The Bertz CT molecular complexity index is 198. The van der Waals surface area contributed by atoms with Crippen molar-refractivity contribution in [3.63, 3.8) is 0 Å². The number of esters is 1. The third-order valence-electron chi connectivity index (χ3n) is 2.05. The number of ether oxygens (including phenoxy) is 1. The molecular formula is C10H19F2NO2. The van der Waals surface area contributed by atoms with Gasteiger partial charge in [0, 0.05) is 0 Å². The molecule has 0 aliphatic carbocycles. The number of nitrogens with one attached hydrogen (secondary N) is 1.